The predicted molar refractivity (Wildman–Crippen MR) is 323 cm³/mol. The predicted octanol–water partition coefficient (Wildman–Crippen LogP) is 3.00. The van der Waals surface area contributed by atoms with E-state index in [0.29, 0.717) is 58.6 Å². The highest BCUT2D eigenvalue weighted by Crippen LogP contribution is 2.31. The summed E-state index contributed by atoms with van der Waals surface area (Å²) < 4.78 is 29.6. The molecule has 31 heteroatoms. The number of amides is 8. The molecule has 2 saturated carbocycles. The lowest BCUT2D eigenvalue weighted by Gasteiger charge is -2.37. The van der Waals surface area contributed by atoms with Crippen LogP contribution in [0.15, 0.2) is 65.8 Å². The molecule has 9 rings (SSSR count). The van der Waals surface area contributed by atoms with Crippen LogP contribution < -0.4 is 31.9 Å². The van der Waals surface area contributed by atoms with E-state index >= 15 is 0 Å². The van der Waals surface area contributed by atoms with E-state index in [2.05, 4.69) is 61.6 Å². The molecular weight excluding hydrogens is 1220 g/mol. The average molecular weight is 1290 g/mol. The maximum Gasteiger partial charge on any atom is 0.314 e. The molecule has 5 aromatic rings. The van der Waals surface area contributed by atoms with E-state index in [-0.39, 0.29) is 57.5 Å². The summed E-state index contributed by atoms with van der Waals surface area (Å²) in [5.41, 5.74) is 2.84. The van der Waals surface area contributed by atoms with Gasteiger partial charge in [0.2, 0.25) is 11.8 Å². The Morgan fingerprint density at radius 1 is 0.581 bits per heavy atom. The number of pyridine rings is 2. The number of benzene rings is 1. The SMILES string of the molecule is CN1CCc2nc(C(=O)N[C@@H]3C[C@@H](C(=O)N(C)C)CC[C@@H]3NC(=O)C(=O)Nc3ccc(Cl)cn3)sc2C1.CN1CCc2nc(C(=O)N[C@@H]3C[C@@H](C(=O)N(C)C)CC[C@@H]3NC(=O)C(=O)Nc3ccc(Cl)cn3)sc2C1.Cc1ccc(S(=O)(=O)O)cc1.O. The molecule has 4 aromatic heterocycles. The topological polar surface area (TPSA) is 359 Å². The van der Waals surface area contributed by atoms with Gasteiger partial charge in [0.1, 0.15) is 11.6 Å². The van der Waals surface area contributed by atoms with Gasteiger partial charge in [-0.2, -0.15) is 8.42 Å². The van der Waals surface area contributed by atoms with Gasteiger partial charge < -0.3 is 57.0 Å². The summed E-state index contributed by atoms with van der Waals surface area (Å²) in [5, 5.41) is 17.8. The van der Waals surface area contributed by atoms with E-state index in [1.165, 1.54) is 69.1 Å². The summed E-state index contributed by atoms with van der Waals surface area (Å²) in [6.45, 7) is 5.11. The minimum atomic E-state index is -4.02. The Hall–Kier alpha value is -7.09. The zero-order valence-electron chi connectivity index (χ0n) is 48.3. The van der Waals surface area contributed by atoms with E-state index in [4.69, 9.17) is 27.8 Å². The maximum atomic E-state index is 13.2. The lowest BCUT2D eigenvalue weighted by atomic mass is 9.81. The minimum absolute atomic E-state index is 0. The Morgan fingerprint density at radius 2 is 0.977 bits per heavy atom. The van der Waals surface area contributed by atoms with Crippen LogP contribution >= 0.6 is 45.9 Å². The Balaban J connectivity index is 0.000000231. The van der Waals surface area contributed by atoms with Gasteiger partial charge in [-0.3, -0.25) is 42.9 Å². The molecule has 9 N–H and O–H groups in total. The Bertz CT molecular complexity index is 3190. The van der Waals surface area contributed by atoms with Crippen LogP contribution in [0, 0.1) is 18.8 Å². The number of aryl methyl sites for hydroxylation is 1. The number of carbonyl (C=O) groups is 8. The maximum absolute atomic E-state index is 13.2. The molecule has 2 aliphatic carbocycles. The number of carbonyl (C=O) groups excluding carboxylic acids is 8. The first-order valence-corrected chi connectivity index (χ1v) is 30.9. The number of hydrogen-bond acceptors (Lipinski definition) is 18. The van der Waals surface area contributed by atoms with Crippen LogP contribution in [0.3, 0.4) is 0 Å². The third-order valence-corrected chi connectivity index (χ3v) is 17.9. The van der Waals surface area contributed by atoms with Crippen molar-refractivity contribution in [3.8, 4) is 0 Å². The number of fused-ring (bicyclic) bond motifs is 2. The molecule has 0 bridgehead atoms. The van der Waals surface area contributed by atoms with Crippen LogP contribution in [0.4, 0.5) is 11.6 Å². The molecule has 2 fully saturated rings. The van der Waals surface area contributed by atoms with Crippen molar-refractivity contribution in [3.05, 3.63) is 108 Å². The van der Waals surface area contributed by atoms with Crippen molar-refractivity contribution < 1.29 is 56.8 Å². The Kier molecular flexibility index (Phi) is 24.1. The summed E-state index contributed by atoms with van der Waals surface area (Å²) in [7, 11) is 6.80. The minimum Gasteiger partial charge on any atom is -0.412 e. The van der Waals surface area contributed by atoms with Crippen molar-refractivity contribution in [1.82, 2.24) is 60.8 Å². The summed E-state index contributed by atoms with van der Waals surface area (Å²) in [5.74, 6) is -4.49. The molecule has 2 aliphatic heterocycles. The van der Waals surface area contributed by atoms with Crippen LogP contribution in [-0.2, 0) is 64.8 Å². The second-order valence-electron chi connectivity index (χ2n) is 21.5. The molecule has 6 heterocycles. The lowest BCUT2D eigenvalue weighted by Crippen LogP contribution is -2.57. The van der Waals surface area contributed by atoms with Gasteiger partial charge in [0.15, 0.2) is 10.0 Å². The smallest absolute Gasteiger partial charge is 0.314 e. The number of aromatic nitrogens is 4. The van der Waals surface area contributed by atoms with E-state index in [0.717, 1.165) is 65.7 Å². The number of halogens is 2. The molecule has 0 unspecified atom stereocenters. The standard InChI is InChI=1S/2C24H30ClN7O4S.C7H8O3S.H2O/c2*1-31(2)24(36)13-4-6-15(27-20(33)21(34)30-19-7-5-14(25)11-26-19)17(10-13)28-22(35)23-29-16-8-9-32(3)12-18(16)37-23;1-6-2-4-7(5-3-6)11(8,9)10;/h2*5,7,11,13,15,17H,4,6,8-10,12H2,1-3H3,(H,27,33)(H,28,35)(H,26,30,34);2-5H,1H3,(H,8,9,10);1H2/t2*13-,15-,17+;;/m00../s1. The van der Waals surface area contributed by atoms with Crippen molar-refractivity contribution >= 4 is 115 Å². The zero-order chi connectivity index (χ0) is 61.9. The van der Waals surface area contributed by atoms with E-state index < -0.39 is 57.9 Å². The highest BCUT2D eigenvalue weighted by molar-refractivity contribution is 7.85. The molecule has 86 heavy (non-hydrogen) atoms. The number of thiazole rings is 2. The highest BCUT2D eigenvalue weighted by Gasteiger charge is 2.40. The van der Waals surface area contributed by atoms with Gasteiger partial charge in [0.05, 0.1) is 38.4 Å². The van der Waals surface area contributed by atoms with Gasteiger partial charge in [-0.25, -0.2) is 19.9 Å². The van der Waals surface area contributed by atoms with Gasteiger partial charge in [0, 0.05) is 113 Å². The number of anilines is 2. The molecular formula is C55H70Cl2N14O12S3. The fourth-order valence-corrected chi connectivity index (χ4v) is 12.8. The lowest BCUT2D eigenvalue weighted by molar-refractivity contribution is -0.137. The Morgan fingerprint density at radius 3 is 1.33 bits per heavy atom. The molecule has 8 amide bonds. The highest BCUT2D eigenvalue weighted by atomic mass is 35.5. The molecule has 464 valence electrons. The fourth-order valence-electron chi connectivity index (χ4n) is 9.91. The first-order chi connectivity index (χ1) is 40.2. The molecule has 4 aliphatic rings. The Labute approximate surface area is 515 Å². The molecule has 0 spiro atoms. The van der Waals surface area contributed by atoms with Gasteiger partial charge in [-0.15, -0.1) is 22.7 Å². The molecule has 26 nitrogen and oxygen atoms in total. The number of nitrogens with one attached hydrogen (secondary N) is 6. The normalized spacial score (nSPS) is 19.9. The number of likely N-dealkylation sites (N-methyl/N-ethyl adjacent to an activating group) is 2. The van der Waals surface area contributed by atoms with Crippen molar-refractivity contribution in [2.45, 2.75) is 100 Å². The van der Waals surface area contributed by atoms with E-state index in [1.807, 2.05) is 21.0 Å². The van der Waals surface area contributed by atoms with Crippen molar-refractivity contribution in [2.75, 3.05) is 66.0 Å². The molecule has 6 atom stereocenters. The third kappa shape index (κ3) is 19.0. The first-order valence-electron chi connectivity index (χ1n) is 27.1. The average Bonchev–Trinajstić information content (AvgIpc) is 1.92. The fraction of sp³-hybridized carbons (Fsp3) is 0.455. The monoisotopic (exact) mass is 1280 g/mol. The van der Waals surface area contributed by atoms with Crippen molar-refractivity contribution in [2.24, 2.45) is 11.8 Å². The summed E-state index contributed by atoms with van der Waals surface area (Å²) in [6.07, 6.45) is 6.85. The van der Waals surface area contributed by atoms with Crippen LogP contribution in [0.25, 0.3) is 0 Å². The van der Waals surface area contributed by atoms with Gasteiger partial charge >= 0.3 is 23.6 Å². The van der Waals surface area contributed by atoms with E-state index in [9.17, 15) is 46.8 Å². The van der Waals surface area contributed by atoms with Crippen LogP contribution in [0.5, 0.6) is 0 Å². The number of rotatable bonds is 11. The van der Waals surface area contributed by atoms with E-state index in [1.54, 1.807) is 52.5 Å². The van der Waals surface area contributed by atoms with Crippen molar-refractivity contribution in [3.63, 3.8) is 0 Å². The summed E-state index contributed by atoms with van der Waals surface area (Å²) >= 11 is 14.3. The van der Waals surface area contributed by atoms with Gasteiger partial charge in [0.25, 0.3) is 21.9 Å². The summed E-state index contributed by atoms with van der Waals surface area (Å²) in [4.78, 5) is 128. The first kappa shape index (κ1) is 68.0. The zero-order valence-corrected chi connectivity index (χ0v) is 52.3. The van der Waals surface area contributed by atoms with Crippen LogP contribution in [-0.4, -0.2) is 185 Å². The molecule has 0 saturated heterocycles. The number of nitrogens with zero attached hydrogens (tertiary/aromatic N) is 8. The van der Waals surface area contributed by atoms with Crippen molar-refractivity contribution in [1.29, 1.82) is 0 Å². The molecule has 0 radical (unpaired) electrons. The third-order valence-electron chi connectivity index (χ3n) is 14.4. The van der Waals surface area contributed by atoms with Gasteiger partial charge in [-0.1, -0.05) is 40.9 Å². The molecule has 1 aromatic carbocycles. The number of hydrogen-bond donors (Lipinski definition) is 7. The second kappa shape index (κ2) is 30.5. The largest absolute Gasteiger partial charge is 0.412 e. The summed E-state index contributed by atoms with van der Waals surface area (Å²) in [6, 6.07) is 9.88. The van der Waals surface area contributed by atoms with Crippen LogP contribution in [0.2, 0.25) is 10.0 Å². The van der Waals surface area contributed by atoms with Gasteiger partial charge in [-0.05, 0) is 95.9 Å². The quantitative estimate of drug-likeness (QED) is 0.0738. The van der Waals surface area contributed by atoms with Crippen LogP contribution in [0.1, 0.15) is 84.8 Å². The second-order valence-corrected chi connectivity index (χ2v) is 25.9.